The molecule has 0 fully saturated rings. The number of fused-ring (bicyclic) bond motifs is 1. The third-order valence-corrected chi connectivity index (χ3v) is 4.96. The highest BCUT2D eigenvalue weighted by atomic mass is 127. The third kappa shape index (κ3) is 3.00. The minimum Gasteiger partial charge on any atom is -0.497 e. The number of benzene rings is 2. The van der Waals surface area contributed by atoms with Crippen molar-refractivity contribution >= 4 is 34.2 Å². The number of ether oxygens (including phenoxy) is 2. The van der Waals surface area contributed by atoms with Crippen molar-refractivity contribution in [2.75, 3.05) is 19.5 Å². The molecule has 2 aromatic carbocycles. The zero-order valence-corrected chi connectivity index (χ0v) is 16.3. The molecular weight excluding hydrogens is 445 g/mol. The van der Waals surface area contributed by atoms with Crippen molar-refractivity contribution in [1.82, 2.24) is 20.2 Å². The smallest absolute Gasteiger partial charge is 0.248 e. The van der Waals surface area contributed by atoms with Gasteiger partial charge in [0.1, 0.15) is 17.5 Å². The molecule has 4 rings (SSSR count). The second-order valence-corrected chi connectivity index (χ2v) is 6.96. The number of hydrogen-bond donors (Lipinski definition) is 1. The lowest BCUT2D eigenvalue weighted by atomic mass is 10.0. The van der Waals surface area contributed by atoms with Crippen LogP contribution in [-0.4, -0.2) is 34.4 Å². The Bertz CT molecular complexity index is 968. The Hall–Kier alpha value is -2.62. The number of hydrogen-bond acceptors (Lipinski definition) is 6. The molecule has 0 unspecified atom stereocenters. The number of methoxy groups -OCH3 is 2. The summed E-state index contributed by atoms with van der Waals surface area (Å²) in [5.41, 5.74) is 2.97. The molecule has 2 heterocycles. The highest BCUT2D eigenvalue weighted by Gasteiger charge is 2.26. The Morgan fingerprint density at radius 3 is 2.62 bits per heavy atom. The number of allylic oxidation sites excluding steroid dienone is 1. The van der Waals surface area contributed by atoms with Crippen LogP contribution in [0.4, 0.5) is 5.95 Å². The molecule has 0 bridgehead atoms. The van der Waals surface area contributed by atoms with Gasteiger partial charge in [0.2, 0.25) is 5.95 Å². The van der Waals surface area contributed by atoms with Crippen molar-refractivity contribution < 1.29 is 9.47 Å². The molecule has 0 saturated carbocycles. The largest absolute Gasteiger partial charge is 0.497 e. The van der Waals surface area contributed by atoms with Gasteiger partial charge in [0.05, 0.1) is 14.2 Å². The van der Waals surface area contributed by atoms with Crippen molar-refractivity contribution in [3.05, 3.63) is 63.2 Å². The number of nitrogens with zero attached hydrogens (tertiary/aromatic N) is 4. The molecule has 0 spiro atoms. The van der Waals surface area contributed by atoms with Gasteiger partial charge in [-0.2, -0.15) is 4.68 Å². The summed E-state index contributed by atoms with van der Waals surface area (Å²) >= 11 is 2.29. The molecule has 0 aliphatic carbocycles. The third-order valence-electron chi connectivity index (χ3n) is 4.24. The average molecular weight is 461 g/mol. The van der Waals surface area contributed by atoms with Crippen LogP contribution in [0.1, 0.15) is 17.2 Å². The first-order chi connectivity index (χ1) is 12.7. The van der Waals surface area contributed by atoms with E-state index in [2.05, 4.69) is 73.8 Å². The summed E-state index contributed by atoms with van der Waals surface area (Å²) in [6.07, 6.45) is 2.09. The van der Waals surface area contributed by atoms with Gasteiger partial charge in [0.25, 0.3) is 0 Å². The van der Waals surface area contributed by atoms with Gasteiger partial charge in [-0.15, -0.1) is 0 Å². The maximum Gasteiger partial charge on any atom is 0.248 e. The predicted molar refractivity (Wildman–Crippen MR) is 106 cm³/mol. The van der Waals surface area contributed by atoms with Crippen LogP contribution in [0.2, 0.25) is 0 Å². The summed E-state index contributed by atoms with van der Waals surface area (Å²) in [4.78, 5) is 0. The Labute approximate surface area is 164 Å². The number of rotatable bonds is 4. The van der Waals surface area contributed by atoms with Gasteiger partial charge >= 0.3 is 0 Å². The van der Waals surface area contributed by atoms with E-state index in [0.717, 1.165) is 28.3 Å². The first-order valence-corrected chi connectivity index (χ1v) is 9.02. The summed E-state index contributed by atoms with van der Waals surface area (Å²) in [7, 11) is 3.27. The summed E-state index contributed by atoms with van der Waals surface area (Å²) in [6, 6.07) is 13.8. The van der Waals surface area contributed by atoms with E-state index in [1.54, 1.807) is 18.9 Å². The van der Waals surface area contributed by atoms with E-state index in [-0.39, 0.29) is 6.04 Å². The Kier molecular flexibility index (Phi) is 4.49. The van der Waals surface area contributed by atoms with Gasteiger partial charge in [-0.25, -0.2) is 0 Å². The van der Waals surface area contributed by atoms with Gasteiger partial charge in [0, 0.05) is 20.9 Å². The molecule has 1 aliphatic rings. The monoisotopic (exact) mass is 461 g/mol. The van der Waals surface area contributed by atoms with Gasteiger partial charge in [-0.1, -0.05) is 17.2 Å². The number of aromatic nitrogens is 4. The van der Waals surface area contributed by atoms with E-state index in [9.17, 15) is 0 Å². The van der Waals surface area contributed by atoms with E-state index in [1.807, 2.05) is 18.2 Å². The quantitative estimate of drug-likeness (QED) is 0.601. The van der Waals surface area contributed by atoms with Crippen molar-refractivity contribution in [2.24, 2.45) is 0 Å². The predicted octanol–water partition coefficient (Wildman–Crippen LogP) is 3.35. The average Bonchev–Trinajstić information content (AvgIpc) is 3.16. The summed E-state index contributed by atoms with van der Waals surface area (Å²) in [5.74, 6) is 2.04. The van der Waals surface area contributed by atoms with Crippen molar-refractivity contribution in [3.8, 4) is 11.5 Å². The van der Waals surface area contributed by atoms with Crippen LogP contribution in [0.3, 0.4) is 0 Å². The number of nitrogens with one attached hydrogen (secondary N) is 1. The fourth-order valence-electron chi connectivity index (χ4n) is 2.94. The molecule has 1 atom stereocenters. The van der Waals surface area contributed by atoms with Crippen LogP contribution < -0.4 is 14.8 Å². The van der Waals surface area contributed by atoms with Gasteiger partial charge in [-0.3, -0.25) is 0 Å². The van der Waals surface area contributed by atoms with Crippen LogP contribution in [0.15, 0.2) is 48.5 Å². The lowest BCUT2D eigenvalue weighted by Gasteiger charge is -2.25. The topological polar surface area (TPSA) is 74.1 Å². The van der Waals surface area contributed by atoms with Crippen molar-refractivity contribution in [2.45, 2.75) is 6.04 Å². The highest BCUT2D eigenvalue weighted by molar-refractivity contribution is 14.1. The summed E-state index contributed by atoms with van der Waals surface area (Å²) < 4.78 is 13.8. The zero-order valence-electron chi connectivity index (χ0n) is 14.2. The maximum absolute atomic E-state index is 5.58. The van der Waals surface area contributed by atoms with Crippen LogP contribution in [0, 0.1) is 3.57 Å². The van der Waals surface area contributed by atoms with Crippen LogP contribution in [0.5, 0.6) is 11.5 Å². The molecule has 1 N–H and O–H groups in total. The van der Waals surface area contributed by atoms with Crippen molar-refractivity contribution in [1.29, 1.82) is 0 Å². The lowest BCUT2D eigenvalue weighted by molar-refractivity contribution is 0.387. The number of tetrazole rings is 1. The number of anilines is 1. The normalized spacial score (nSPS) is 15.7. The first kappa shape index (κ1) is 16.8. The van der Waals surface area contributed by atoms with E-state index < -0.39 is 0 Å². The molecule has 1 aromatic heterocycles. The molecule has 1 aliphatic heterocycles. The van der Waals surface area contributed by atoms with E-state index in [0.29, 0.717) is 5.95 Å². The van der Waals surface area contributed by atoms with Crippen LogP contribution >= 0.6 is 22.6 Å². The van der Waals surface area contributed by atoms with Crippen LogP contribution in [-0.2, 0) is 0 Å². The molecule has 0 saturated heterocycles. The molecule has 26 heavy (non-hydrogen) atoms. The highest BCUT2D eigenvalue weighted by Crippen LogP contribution is 2.37. The first-order valence-electron chi connectivity index (χ1n) is 7.94. The van der Waals surface area contributed by atoms with Gasteiger partial charge < -0.3 is 14.8 Å². The second-order valence-electron chi connectivity index (χ2n) is 5.71. The lowest BCUT2D eigenvalue weighted by Crippen LogP contribution is -2.20. The molecule has 0 radical (unpaired) electrons. The molecule has 132 valence electrons. The van der Waals surface area contributed by atoms with E-state index in [4.69, 9.17) is 9.47 Å². The summed E-state index contributed by atoms with van der Waals surface area (Å²) in [5, 5.41) is 15.3. The maximum atomic E-state index is 5.58. The standard InChI is InChI=1S/C18H16IN5O2/c1-25-13-7-8-14(17(9-13)26-2)16-10-15(11-3-5-12(19)6-4-11)20-18-21-22-23-24(16)18/h3-10,16H,1-2H3,(H,20,21,23)/t16-/m1/s1. The van der Waals surface area contributed by atoms with Gasteiger partial charge in [-0.05, 0) is 68.9 Å². The Morgan fingerprint density at radius 2 is 1.88 bits per heavy atom. The van der Waals surface area contributed by atoms with E-state index >= 15 is 0 Å². The Balaban J connectivity index is 1.82. The number of halogens is 1. The molecule has 7 nitrogen and oxygen atoms in total. The Morgan fingerprint density at radius 1 is 1.08 bits per heavy atom. The summed E-state index contributed by atoms with van der Waals surface area (Å²) in [6.45, 7) is 0. The molecule has 8 heteroatoms. The minimum atomic E-state index is -0.198. The van der Waals surface area contributed by atoms with Crippen LogP contribution in [0.25, 0.3) is 5.70 Å². The minimum absolute atomic E-state index is 0.198. The van der Waals surface area contributed by atoms with E-state index in [1.165, 1.54) is 3.57 Å². The zero-order chi connectivity index (χ0) is 18.1. The van der Waals surface area contributed by atoms with Crippen molar-refractivity contribution in [3.63, 3.8) is 0 Å². The SMILES string of the molecule is COc1ccc([C@H]2C=C(c3ccc(I)cc3)Nc3nnnn32)c(OC)c1. The van der Waals surface area contributed by atoms with Gasteiger partial charge in [0.15, 0.2) is 0 Å². The molecule has 3 aromatic rings. The molecule has 0 amide bonds. The fraction of sp³-hybridized carbons (Fsp3) is 0.167. The molecular formula is C18H16IN5O2. The fourth-order valence-corrected chi connectivity index (χ4v) is 3.30. The second kappa shape index (κ2) is 6.94.